The van der Waals surface area contributed by atoms with Crippen LogP contribution in [0.15, 0.2) is 0 Å². The standard InChI is InChI=1S/C12H19NO3/c1-11(2)5-3-4-6-12(11)7-8(14)13-9(12)10(15)16/h9H,3-7H2,1-2H3,(H,13,14)(H,15,16). The number of aliphatic carboxylic acids is 1. The number of rotatable bonds is 1. The summed E-state index contributed by atoms with van der Waals surface area (Å²) in [7, 11) is 0. The molecule has 90 valence electrons. The Morgan fingerprint density at radius 3 is 2.56 bits per heavy atom. The van der Waals surface area contributed by atoms with E-state index in [0.717, 1.165) is 25.7 Å². The van der Waals surface area contributed by atoms with E-state index in [4.69, 9.17) is 0 Å². The van der Waals surface area contributed by atoms with Gasteiger partial charge in [-0.15, -0.1) is 0 Å². The van der Waals surface area contributed by atoms with Gasteiger partial charge in [-0.1, -0.05) is 26.7 Å². The number of carboxylic acids is 1. The smallest absolute Gasteiger partial charge is 0.326 e. The molecule has 4 nitrogen and oxygen atoms in total. The fourth-order valence-electron chi connectivity index (χ4n) is 3.49. The maximum Gasteiger partial charge on any atom is 0.326 e. The Labute approximate surface area is 95.4 Å². The number of hydrogen-bond acceptors (Lipinski definition) is 2. The van der Waals surface area contributed by atoms with Crippen LogP contribution in [0.5, 0.6) is 0 Å². The summed E-state index contributed by atoms with van der Waals surface area (Å²) in [6.45, 7) is 4.20. The highest BCUT2D eigenvalue weighted by atomic mass is 16.4. The zero-order valence-corrected chi connectivity index (χ0v) is 9.88. The largest absolute Gasteiger partial charge is 0.480 e. The summed E-state index contributed by atoms with van der Waals surface area (Å²) in [6, 6.07) is -0.699. The molecule has 0 aromatic carbocycles. The maximum atomic E-state index is 11.5. The molecule has 0 bridgehead atoms. The van der Waals surface area contributed by atoms with Crippen LogP contribution in [-0.4, -0.2) is 23.0 Å². The number of carbonyl (C=O) groups is 2. The molecule has 1 saturated heterocycles. The molecule has 2 aliphatic rings. The first-order chi connectivity index (χ1) is 7.39. The third kappa shape index (κ3) is 1.43. The van der Waals surface area contributed by atoms with Gasteiger partial charge in [-0.2, -0.15) is 0 Å². The van der Waals surface area contributed by atoms with Gasteiger partial charge < -0.3 is 10.4 Å². The van der Waals surface area contributed by atoms with Crippen molar-refractivity contribution in [3.8, 4) is 0 Å². The molecule has 2 fully saturated rings. The van der Waals surface area contributed by atoms with Crippen LogP contribution >= 0.6 is 0 Å². The van der Waals surface area contributed by atoms with Crippen LogP contribution in [0.2, 0.25) is 0 Å². The summed E-state index contributed by atoms with van der Waals surface area (Å²) in [5, 5.41) is 11.9. The fraction of sp³-hybridized carbons (Fsp3) is 0.833. The summed E-state index contributed by atoms with van der Waals surface area (Å²) in [5.74, 6) is -0.997. The molecule has 1 aliphatic heterocycles. The molecule has 2 rings (SSSR count). The minimum absolute atomic E-state index is 0.0759. The second kappa shape index (κ2) is 3.47. The van der Waals surface area contributed by atoms with Crippen LogP contribution in [-0.2, 0) is 9.59 Å². The molecule has 16 heavy (non-hydrogen) atoms. The minimum Gasteiger partial charge on any atom is -0.480 e. The van der Waals surface area contributed by atoms with Crippen molar-refractivity contribution in [3.63, 3.8) is 0 Å². The summed E-state index contributed by atoms with van der Waals surface area (Å²) in [4.78, 5) is 22.8. The van der Waals surface area contributed by atoms with Gasteiger partial charge in [-0.05, 0) is 18.3 Å². The Kier molecular flexibility index (Phi) is 2.48. The average molecular weight is 225 g/mol. The molecule has 1 amide bonds. The third-order valence-electron chi connectivity index (χ3n) is 4.60. The predicted octanol–water partition coefficient (Wildman–Crippen LogP) is 1.55. The van der Waals surface area contributed by atoms with E-state index >= 15 is 0 Å². The maximum absolute atomic E-state index is 11.5. The molecular formula is C12H19NO3. The highest BCUT2D eigenvalue weighted by Gasteiger charge is 2.59. The van der Waals surface area contributed by atoms with E-state index in [1.165, 1.54) is 0 Å². The molecule has 1 heterocycles. The van der Waals surface area contributed by atoms with Crippen LogP contribution in [0.3, 0.4) is 0 Å². The summed E-state index contributed by atoms with van der Waals surface area (Å²) in [5.41, 5.74) is -0.457. The normalized spacial score (nSPS) is 37.4. The Bertz CT molecular complexity index is 337. The van der Waals surface area contributed by atoms with E-state index in [1.54, 1.807) is 0 Å². The molecule has 0 aromatic heterocycles. The molecule has 2 unspecified atom stereocenters. The Balaban J connectivity index is 2.40. The monoisotopic (exact) mass is 225 g/mol. The summed E-state index contributed by atoms with van der Waals surface area (Å²) >= 11 is 0. The lowest BCUT2D eigenvalue weighted by molar-refractivity contribution is -0.146. The second-order valence-corrected chi connectivity index (χ2v) is 5.76. The Morgan fingerprint density at radius 2 is 2.00 bits per heavy atom. The molecule has 1 saturated carbocycles. The molecule has 1 spiro atoms. The highest BCUT2D eigenvalue weighted by molar-refractivity contribution is 5.89. The van der Waals surface area contributed by atoms with Crippen LogP contribution in [0, 0.1) is 10.8 Å². The zero-order valence-electron chi connectivity index (χ0n) is 9.88. The minimum atomic E-state index is -0.888. The van der Waals surface area contributed by atoms with E-state index in [-0.39, 0.29) is 16.7 Å². The van der Waals surface area contributed by atoms with E-state index in [0.29, 0.717) is 6.42 Å². The van der Waals surface area contributed by atoms with Crippen molar-refractivity contribution in [2.24, 2.45) is 10.8 Å². The van der Waals surface area contributed by atoms with Crippen molar-refractivity contribution in [3.05, 3.63) is 0 Å². The van der Waals surface area contributed by atoms with E-state index in [1.807, 2.05) is 0 Å². The average Bonchev–Trinajstić information content (AvgIpc) is 2.50. The topological polar surface area (TPSA) is 66.4 Å². The highest BCUT2D eigenvalue weighted by Crippen LogP contribution is 2.56. The lowest BCUT2D eigenvalue weighted by Crippen LogP contribution is -2.52. The van der Waals surface area contributed by atoms with Gasteiger partial charge in [0.25, 0.3) is 0 Å². The van der Waals surface area contributed by atoms with Crippen molar-refractivity contribution >= 4 is 11.9 Å². The van der Waals surface area contributed by atoms with E-state index < -0.39 is 12.0 Å². The van der Waals surface area contributed by atoms with Gasteiger partial charge in [0, 0.05) is 11.8 Å². The first-order valence-corrected chi connectivity index (χ1v) is 5.91. The SMILES string of the molecule is CC1(C)CCCCC12CC(=O)NC2C(=O)O. The summed E-state index contributed by atoms with van der Waals surface area (Å²) in [6.07, 6.45) is 4.38. The molecule has 2 atom stereocenters. The first-order valence-electron chi connectivity index (χ1n) is 5.91. The predicted molar refractivity (Wildman–Crippen MR) is 58.9 cm³/mol. The van der Waals surface area contributed by atoms with Crippen molar-refractivity contribution in [1.29, 1.82) is 0 Å². The van der Waals surface area contributed by atoms with Crippen LogP contribution < -0.4 is 5.32 Å². The molecular weight excluding hydrogens is 206 g/mol. The number of hydrogen-bond donors (Lipinski definition) is 2. The lowest BCUT2D eigenvalue weighted by Gasteiger charge is -2.49. The number of nitrogens with one attached hydrogen (secondary N) is 1. The van der Waals surface area contributed by atoms with Gasteiger partial charge in [-0.3, -0.25) is 4.79 Å². The van der Waals surface area contributed by atoms with Gasteiger partial charge in [0.05, 0.1) is 0 Å². The van der Waals surface area contributed by atoms with Crippen LogP contribution in [0.4, 0.5) is 0 Å². The molecule has 2 N–H and O–H groups in total. The molecule has 0 aromatic rings. The lowest BCUT2D eigenvalue weighted by atomic mass is 9.54. The Morgan fingerprint density at radius 1 is 1.38 bits per heavy atom. The van der Waals surface area contributed by atoms with Crippen molar-refractivity contribution in [2.75, 3.05) is 0 Å². The molecule has 0 radical (unpaired) electrons. The zero-order chi connectivity index (χ0) is 12.0. The number of carbonyl (C=O) groups excluding carboxylic acids is 1. The quantitative estimate of drug-likeness (QED) is 0.711. The summed E-state index contributed by atoms with van der Waals surface area (Å²) < 4.78 is 0. The first kappa shape index (κ1) is 11.4. The van der Waals surface area contributed by atoms with Crippen LogP contribution in [0.1, 0.15) is 46.0 Å². The molecule has 1 aliphatic carbocycles. The Hall–Kier alpha value is -1.06. The van der Waals surface area contributed by atoms with Crippen molar-refractivity contribution in [1.82, 2.24) is 5.32 Å². The van der Waals surface area contributed by atoms with Gasteiger partial charge in [-0.25, -0.2) is 4.79 Å². The van der Waals surface area contributed by atoms with E-state index in [2.05, 4.69) is 19.2 Å². The number of amides is 1. The van der Waals surface area contributed by atoms with Gasteiger partial charge in [0.1, 0.15) is 6.04 Å². The van der Waals surface area contributed by atoms with Crippen LogP contribution in [0.25, 0.3) is 0 Å². The van der Waals surface area contributed by atoms with Crippen molar-refractivity contribution < 1.29 is 14.7 Å². The second-order valence-electron chi connectivity index (χ2n) is 5.76. The fourth-order valence-corrected chi connectivity index (χ4v) is 3.49. The molecule has 4 heteroatoms. The van der Waals surface area contributed by atoms with Gasteiger partial charge >= 0.3 is 5.97 Å². The van der Waals surface area contributed by atoms with Gasteiger partial charge in [0.2, 0.25) is 5.91 Å². The van der Waals surface area contributed by atoms with Gasteiger partial charge in [0.15, 0.2) is 0 Å². The third-order valence-corrected chi connectivity index (χ3v) is 4.60. The number of carboxylic acid groups (broad SMARTS) is 1. The van der Waals surface area contributed by atoms with E-state index in [9.17, 15) is 14.7 Å². The van der Waals surface area contributed by atoms with Crippen molar-refractivity contribution in [2.45, 2.75) is 52.0 Å².